The molecule has 118 valence electrons. The zero-order valence-electron chi connectivity index (χ0n) is 13.3. The minimum atomic E-state index is 0.541. The summed E-state index contributed by atoms with van der Waals surface area (Å²) < 4.78 is 11.5. The van der Waals surface area contributed by atoms with Gasteiger partial charge in [0.05, 0.1) is 13.2 Å². The molecule has 1 aromatic carbocycles. The second-order valence-electron chi connectivity index (χ2n) is 5.41. The number of benzene rings is 1. The highest BCUT2D eigenvalue weighted by atomic mass is 16.5. The second-order valence-corrected chi connectivity index (χ2v) is 5.41. The van der Waals surface area contributed by atoms with E-state index in [0.29, 0.717) is 6.04 Å². The summed E-state index contributed by atoms with van der Waals surface area (Å²) in [5, 5.41) is 3.35. The van der Waals surface area contributed by atoms with Crippen LogP contribution in [0.5, 0.6) is 5.75 Å². The topological polar surface area (TPSA) is 33.7 Å². The SMILES string of the molecule is CCNCc1ccccc1OCCN1CCOCC1CC. The van der Waals surface area contributed by atoms with Gasteiger partial charge in [0.2, 0.25) is 0 Å². The van der Waals surface area contributed by atoms with Crippen molar-refractivity contribution in [1.29, 1.82) is 0 Å². The van der Waals surface area contributed by atoms with Crippen molar-refractivity contribution in [3.05, 3.63) is 29.8 Å². The maximum Gasteiger partial charge on any atom is 0.123 e. The van der Waals surface area contributed by atoms with Crippen LogP contribution in [0.2, 0.25) is 0 Å². The van der Waals surface area contributed by atoms with Crippen LogP contribution in [-0.4, -0.2) is 50.4 Å². The maximum absolute atomic E-state index is 6.01. The minimum absolute atomic E-state index is 0.541. The summed E-state index contributed by atoms with van der Waals surface area (Å²) in [6.45, 7) is 10.6. The van der Waals surface area contributed by atoms with Crippen molar-refractivity contribution < 1.29 is 9.47 Å². The number of hydrogen-bond donors (Lipinski definition) is 1. The van der Waals surface area contributed by atoms with Crippen LogP contribution in [0.15, 0.2) is 24.3 Å². The molecule has 1 aliphatic heterocycles. The molecule has 1 N–H and O–H groups in total. The van der Waals surface area contributed by atoms with Crippen molar-refractivity contribution in [2.24, 2.45) is 0 Å². The Morgan fingerprint density at radius 2 is 2.19 bits per heavy atom. The predicted octanol–water partition coefficient (Wildman–Crippen LogP) is 2.29. The van der Waals surface area contributed by atoms with Crippen LogP contribution in [-0.2, 0) is 11.3 Å². The Balaban J connectivity index is 1.82. The van der Waals surface area contributed by atoms with Crippen molar-refractivity contribution in [3.8, 4) is 5.75 Å². The molecular formula is C17H28N2O2. The van der Waals surface area contributed by atoms with Gasteiger partial charge < -0.3 is 14.8 Å². The molecule has 1 fully saturated rings. The number of hydrogen-bond acceptors (Lipinski definition) is 4. The second kappa shape index (κ2) is 9.03. The van der Waals surface area contributed by atoms with Crippen LogP contribution in [0, 0.1) is 0 Å². The van der Waals surface area contributed by atoms with Crippen LogP contribution in [0.4, 0.5) is 0 Å². The van der Waals surface area contributed by atoms with Crippen LogP contribution in [0.1, 0.15) is 25.8 Å². The molecule has 21 heavy (non-hydrogen) atoms. The summed E-state index contributed by atoms with van der Waals surface area (Å²) in [4.78, 5) is 2.48. The first-order valence-corrected chi connectivity index (χ1v) is 8.08. The van der Waals surface area contributed by atoms with Crippen LogP contribution in [0.3, 0.4) is 0 Å². The Kier molecular flexibility index (Phi) is 7.00. The van der Waals surface area contributed by atoms with E-state index in [1.165, 1.54) is 5.56 Å². The largest absolute Gasteiger partial charge is 0.492 e. The highest BCUT2D eigenvalue weighted by molar-refractivity contribution is 5.33. The van der Waals surface area contributed by atoms with E-state index in [4.69, 9.17) is 9.47 Å². The Morgan fingerprint density at radius 3 is 3.00 bits per heavy atom. The average Bonchev–Trinajstić information content (AvgIpc) is 2.54. The third-order valence-corrected chi connectivity index (χ3v) is 3.99. The molecule has 0 aliphatic carbocycles. The molecule has 1 aliphatic rings. The lowest BCUT2D eigenvalue weighted by Gasteiger charge is -2.34. The lowest BCUT2D eigenvalue weighted by molar-refractivity contribution is -0.0133. The highest BCUT2D eigenvalue weighted by Gasteiger charge is 2.20. The predicted molar refractivity (Wildman–Crippen MR) is 85.8 cm³/mol. The van der Waals surface area contributed by atoms with Crippen LogP contribution < -0.4 is 10.1 Å². The zero-order valence-corrected chi connectivity index (χ0v) is 13.3. The van der Waals surface area contributed by atoms with Gasteiger partial charge in [-0.25, -0.2) is 0 Å². The van der Waals surface area contributed by atoms with E-state index in [2.05, 4.69) is 42.3 Å². The molecule has 1 aromatic rings. The summed E-state index contributed by atoms with van der Waals surface area (Å²) in [5.74, 6) is 1.000. The number of rotatable bonds is 8. The Labute approximate surface area is 128 Å². The number of para-hydroxylation sites is 1. The number of ether oxygens (including phenoxy) is 2. The van der Waals surface area contributed by atoms with Crippen molar-refractivity contribution >= 4 is 0 Å². The summed E-state index contributed by atoms with van der Waals surface area (Å²) in [6, 6.07) is 8.83. The van der Waals surface area contributed by atoms with Gasteiger partial charge >= 0.3 is 0 Å². The van der Waals surface area contributed by atoms with Gasteiger partial charge in [-0.2, -0.15) is 0 Å². The summed E-state index contributed by atoms with van der Waals surface area (Å²) in [6.07, 6.45) is 1.14. The molecule has 4 nitrogen and oxygen atoms in total. The average molecular weight is 292 g/mol. The van der Waals surface area contributed by atoms with Gasteiger partial charge in [-0.3, -0.25) is 4.90 Å². The molecule has 0 amide bonds. The molecular weight excluding hydrogens is 264 g/mol. The quantitative estimate of drug-likeness (QED) is 0.797. The molecule has 0 radical (unpaired) electrons. The first-order valence-electron chi connectivity index (χ1n) is 8.08. The molecule has 1 heterocycles. The van der Waals surface area contributed by atoms with Gasteiger partial charge in [0, 0.05) is 31.2 Å². The number of nitrogens with zero attached hydrogens (tertiary/aromatic N) is 1. The fourth-order valence-electron chi connectivity index (χ4n) is 2.68. The van der Waals surface area contributed by atoms with Crippen molar-refractivity contribution in [2.75, 3.05) is 39.5 Å². The number of nitrogens with one attached hydrogen (secondary N) is 1. The molecule has 0 spiro atoms. The minimum Gasteiger partial charge on any atom is -0.492 e. The van der Waals surface area contributed by atoms with E-state index in [0.717, 1.165) is 58.2 Å². The van der Waals surface area contributed by atoms with Crippen molar-refractivity contribution in [1.82, 2.24) is 10.2 Å². The van der Waals surface area contributed by atoms with E-state index < -0.39 is 0 Å². The molecule has 0 aromatic heterocycles. The molecule has 1 unspecified atom stereocenters. The third kappa shape index (κ3) is 4.99. The summed E-state index contributed by atoms with van der Waals surface area (Å²) in [5.41, 5.74) is 1.23. The molecule has 1 atom stereocenters. The molecule has 4 heteroatoms. The Hall–Kier alpha value is -1.10. The lowest BCUT2D eigenvalue weighted by Crippen LogP contribution is -2.46. The molecule has 0 saturated carbocycles. The Morgan fingerprint density at radius 1 is 1.33 bits per heavy atom. The fourth-order valence-corrected chi connectivity index (χ4v) is 2.68. The van der Waals surface area contributed by atoms with Gasteiger partial charge in [-0.05, 0) is 19.0 Å². The maximum atomic E-state index is 6.01. The lowest BCUT2D eigenvalue weighted by atomic mass is 10.2. The normalized spacial score (nSPS) is 19.6. The highest BCUT2D eigenvalue weighted by Crippen LogP contribution is 2.18. The van der Waals surface area contributed by atoms with E-state index in [1.54, 1.807) is 0 Å². The first-order chi connectivity index (χ1) is 10.3. The standard InChI is InChI=1S/C17H28N2O2/c1-3-16-14-20-11-9-19(16)10-12-21-17-8-6-5-7-15(17)13-18-4-2/h5-8,16,18H,3-4,9-14H2,1-2H3. The van der Waals surface area contributed by atoms with Gasteiger partial charge in [-0.15, -0.1) is 0 Å². The first kappa shape index (κ1) is 16.3. The van der Waals surface area contributed by atoms with E-state index >= 15 is 0 Å². The van der Waals surface area contributed by atoms with E-state index in [1.807, 2.05) is 6.07 Å². The van der Waals surface area contributed by atoms with Crippen molar-refractivity contribution in [3.63, 3.8) is 0 Å². The number of morpholine rings is 1. The van der Waals surface area contributed by atoms with E-state index in [9.17, 15) is 0 Å². The van der Waals surface area contributed by atoms with Crippen LogP contribution in [0.25, 0.3) is 0 Å². The monoisotopic (exact) mass is 292 g/mol. The van der Waals surface area contributed by atoms with Gasteiger partial charge in [0.15, 0.2) is 0 Å². The molecule has 2 rings (SSSR count). The molecule has 0 bridgehead atoms. The smallest absolute Gasteiger partial charge is 0.123 e. The van der Waals surface area contributed by atoms with Gasteiger partial charge in [0.25, 0.3) is 0 Å². The zero-order chi connectivity index (χ0) is 14.9. The summed E-state index contributed by atoms with van der Waals surface area (Å²) >= 11 is 0. The van der Waals surface area contributed by atoms with Crippen LogP contribution >= 0.6 is 0 Å². The fraction of sp³-hybridized carbons (Fsp3) is 0.647. The van der Waals surface area contributed by atoms with Gasteiger partial charge in [0.1, 0.15) is 12.4 Å². The molecule has 1 saturated heterocycles. The summed E-state index contributed by atoms with van der Waals surface area (Å²) in [7, 11) is 0. The van der Waals surface area contributed by atoms with Crippen molar-refractivity contribution in [2.45, 2.75) is 32.9 Å². The third-order valence-electron chi connectivity index (χ3n) is 3.99. The van der Waals surface area contributed by atoms with E-state index in [-0.39, 0.29) is 0 Å². The van der Waals surface area contributed by atoms with Gasteiger partial charge in [-0.1, -0.05) is 32.0 Å². The Bertz CT molecular complexity index is 412.